The molecule has 2 aliphatic rings. The molecule has 0 aliphatic carbocycles. The standard InChI is InChI=1S/C27H25FN2O/c1-26(2)23-10-6-7-11-24(23)29-19-25(31)30(18-21-8-4-3-5-9-21)27(26,29)17-16-20-12-14-22(28)15-13-20/h3-17H,18-19H2,1-2H3. The molecule has 1 atom stereocenters. The first-order chi connectivity index (χ1) is 14.9. The lowest BCUT2D eigenvalue weighted by Gasteiger charge is -2.46. The van der Waals surface area contributed by atoms with E-state index in [-0.39, 0.29) is 17.1 Å². The number of carbonyl (C=O) groups is 1. The van der Waals surface area contributed by atoms with Crippen LogP contribution in [0.5, 0.6) is 0 Å². The van der Waals surface area contributed by atoms with Gasteiger partial charge in [-0.25, -0.2) is 4.39 Å². The van der Waals surface area contributed by atoms with E-state index in [9.17, 15) is 9.18 Å². The minimum atomic E-state index is -0.655. The molecule has 5 rings (SSSR count). The van der Waals surface area contributed by atoms with Gasteiger partial charge in [0.1, 0.15) is 11.5 Å². The molecule has 31 heavy (non-hydrogen) atoms. The Kier molecular flexibility index (Phi) is 4.47. The fourth-order valence-corrected chi connectivity index (χ4v) is 5.21. The third kappa shape index (κ3) is 2.89. The highest BCUT2D eigenvalue weighted by molar-refractivity contribution is 5.91. The maximum Gasteiger partial charge on any atom is 0.244 e. The van der Waals surface area contributed by atoms with Crippen LogP contribution in [0.1, 0.15) is 30.5 Å². The number of hydrogen-bond acceptors (Lipinski definition) is 2. The van der Waals surface area contributed by atoms with Crippen molar-refractivity contribution in [2.24, 2.45) is 0 Å². The lowest BCUT2D eigenvalue weighted by Crippen LogP contribution is -2.60. The summed E-state index contributed by atoms with van der Waals surface area (Å²) in [6.45, 7) is 5.28. The molecule has 1 amide bonds. The van der Waals surface area contributed by atoms with Crippen molar-refractivity contribution in [1.82, 2.24) is 4.90 Å². The van der Waals surface area contributed by atoms with Gasteiger partial charge in [-0.2, -0.15) is 0 Å². The van der Waals surface area contributed by atoms with Crippen LogP contribution in [-0.2, 0) is 16.8 Å². The Bertz CT molecular complexity index is 1150. The molecule has 0 spiro atoms. The normalized spacial score (nSPS) is 21.6. The van der Waals surface area contributed by atoms with Gasteiger partial charge < -0.3 is 9.80 Å². The number of hydrogen-bond donors (Lipinski definition) is 0. The monoisotopic (exact) mass is 412 g/mol. The molecule has 3 nitrogen and oxygen atoms in total. The Balaban J connectivity index is 1.66. The summed E-state index contributed by atoms with van der Waals surface area (Å²) in [5.41, 5.74) is 3.32. The van der Waals surface area contributed by atoms with Crippen molar-refractivity contribution in [3.8, 4) is 0 Å². The van der Waals surface area contributed by atoms with Gasteiger partial charge in [0.05, 0.1) is 6.54 Å². The second kappa shape index (κ2) is 7.09. The van der Waals surface area contributed by atoms with E-state index in [2.05, 4.69) is 55.2 Å². The van der Waals surface area contributed by atoms with E-state index in [4.69, 9.17) is 0 Å². The average molecular weight is 413 g/mol. The fourth-order valence-electron chi connectivity index (χ4n) is 5.21. The first kappa shape index (κ1) is 19.6. The molecule has 156 valence electrons. The highest BCUT2D eigenvalue weighted by Crippen LogP contribution is 2.56. The first-order valence-electron chi connectivity index (χ1n) is 10.6. The van der Waals surface area contributed by atoms with Gasteiger partial charge in [0, 0.05) is 17.6 Å². The van der Waals surface area contributed by atoms with Crippen molar-refractivity contribution in [2.75, 3.05) is 11.4 Å². The number of para-hydroxylation sites is 1. The molecule has 1 unspecified atom stereocenters. The van der Waals surface area contributed by atoms with Crippen LogP contribution in [0.3, 0.4) is 0 Å². The number of carbonyl (C=O) groups excluding carboxylic acids is 1. The molecule has 0 saturated carbocycles. The van der Waals surface area contributed by atoms with Crippen LogP contribution in [-0.4, -0.2) is 23.0 Å². The van der Waals surface area contributed by atoms with E-state index in [0.29, 0.717) is 13.1 Å². The van der Waals surface area contributed by atoms with Crippen molar-refractivity contribution in [3.63, 3.8) is 0 Å². The summed E-state index contributed by atoms with van der Waals surface area (Å²) >= 11 is 0. The smallest absolute Gasteiger partial charge is 0.244 e. The van der Waals surface area contributed by atoms with Crippen molar-refractivity contribution >= 4 is 17.7 Å². The fraction of sp³-hybridized carbons (Fsp3) is 0.222. The van der Waals surface area contributed by atoms with E-state index < -0.39 is 5.66 Å². The van der Waals surface area contributed by atoms with Gasteiger partial charge in [-0.15, -0.1) is 0 Å². The predicted molar refractivity (Wildman–Crippen MR) is 122 cm³/mol. The van der Waals surface area contributed by atoms with E-state index in [1.165, 1.54) is 17.7 Å². The van der Waals surface area contributed by atoms with E-state index in [1.54, 1.807) is 12.1 Å². The number of anilines is 1. The Morgan fingerprint density at radius 2 is 1.61 bits per heavy atom. The number of nitrogens with zero attached hydrogens (tertiary/aromatic N) is 2. The van der Waals surface area contributed by atoms with Crippen molar-refractivity contribution in [1.29, 1.82) is 0 Å². The van der Waals surface area contributed by atoms with Crippen LogP contribution in [0.2, 0.25) is 0 Å². The third-order valence-corrected chi connectivity index (χ3v) is 6.77. The molecule has 4 heteroatoms. The SMILES string of the molecule is CC1(C)c2ccccc2N2CC(=O)N(Cc3ccccc3)C21C=Cc1ccc(F)cc1. The van der Waals surface area contributed by atoms with Crippen LogP contribution >= 0.6 is 0 Å². The zero-order chi connectivity index (χ0) is 21.6. The number of benzene rings is 3. The first-order valence-corrected chi connectivity index (χ1v) is 10.6. The maximum atomic E-state index is 13.4. The van der Waals surface area contributed by atoms with Gasteiger partial charge in [-0.3, -0.25) is 4.79 Å². The lowest BCUT2D eigenvalue weighted by atomic mass is 9.74. The lowest BCUT2D eigenvalue weighted by molar-refractivity contribution is -0.131. The van der Waals surface area contributed by atoms with Crippen molar-refractivity contribution in [2.45, 2.75) is 31.5 Å². The van der Waals surface area contributed by atoms with Crippen molar-refractivity contribution < 1.29 is 9.18 Å². The van der Waals surface area contributed by atoms with Gasteiger partial charge >= 0.3 is 0 Å². The Morgan fingerprint density at radius 3 is 2.35 bits per heavy atom. The maximum absolute atomic E-state index is 13.4. The molecule has 1 fully saturated rings. The van der Waals surface area contributed by atoms with Gasteiger partial charge in [0.2, 0.25) is 5.91 Å². The van der Waals surface area contributed by atoms with Crippen LogP contribution in [0.15, 0.2) is 84.9 Å². The summed E-state index contributed by atoms with van der Waals surface area (Å²) in [7, 11) is 0. The summed E-state index contributed by atoms with van der Waals surface area (Å²) in [6.07, 6.45) is 4.14. The quantitative estimate of drug-likeness (QED) is 0.575. The zero-order valence-electron chi connectivity index (χ0n) is 17.8. The minimum absolute atomic E-state index is 0.107. The van der Waals surface area contributed by atoms with E-state index in [1.807, 2.05) is 35.2 Å². The second-order valence-corrected chi connectivity index (χ2v) is 8.80. The summed E-state index contributed by atoms with van der Waals surface area (Å²) < 4.78 is 13.4. The van der Waals surface area contributed by atoms with Crippen molar-refractivity contribution in [3.05, 3.63) is 107 Å². The van der Waals surface area contributed by atoms with Gasteiger partial charge in [0.25, 0.3) is 0 Å². The Hall–Kier alpha value is -3.40. The predicted octanol–water partition coefficient (Wildman–Crippen LogP) is 5.38. The van der Waals surface area contributed by atoms with E-state index in [0.717, 1.165) is 16.8 Å². The van der Waals surface area contributed by atoms with Gasteiger partial charge in [-0.1, -0.05) is 80.6 Å². The highest BCUT2D eigenvalue weighted by atomic mass is 19.1. The number of fused-ring (bicyclic) bond motifs is 3. The molecule has 3 aromatic carbocycles. The summed E-state index contributed by atoms with van der Waals surface area (Å²) in [5.74, 6) is -0.150. The summed E-state index contributed by atoms with van der Waals surface area (Å²) in [4.78, 5) is 17.6. The molecule has 0 aromatic heterocycles. The van der Waals surface area contributed by atoms with Crippen LogP contribution in [0.4, 0.5) is 10.1 Å². The average Bonchev–Trinajstić information content (AvgIpc) is 3.16. The molecule has 0 N–H and O–H groups in total. The molecule has 3 aromatic rings. The third-order valence-electron chi connectivity index (χ3n) is 6.77. The van der Waals surface area contributed by atoms with E-state index >= 15 is 0 Å². The topological polar surface area (TPSA) is 23.6 Å². The van der Waals surface area contributed by atoms with Crippen LogP contribution in [0, 0.1) is 5.82 Å². The van der Waals surface area contributed by atoms with Crippen LogP contribution < -0.4 is 4.90 Å². The zero-order valence-corrected chi connectivity index (χ0v) is 17.8. The minimum Gasteiger partial charge on any atom is -0.335 e. The molecule has 0 bridgehead atoms. The second-order valence-electron chi connectivity index (χ2n) is 8.80. The van der Waals surface area contributed by atoms with Crippen LogP contribution in [0.25, 0.3) is 6.08 Å². The Morgan fingerprint density at radius 1 is 0.935 bits per heavy atom. The molecular weight excluding hydrogens is 387 g/mol. The molecule has 0 radical (unpaired) electrons. The summed E-state index contributed by atoms with van der Waals surface area (Å²) in [5, 5.41) is 0. The molecule has 2 aliphatic heterocycles. The van der Waals surface area contributed by atoms with Gasteiger partial charge in [0.15, 0.2) is 0 Å². The molecule has 2 heterocycles. The Labute approximate surface area is 182 Å². The highest BCUT2D eigenvalue weighted by Gasteiger charge is 2.63. The number of halogens is 1. The molecular formula is C27H25FN2O. The largest absolute Gasteiger partial charge is 0.335 e. The number of rotatable bonds is 4. The van der Waals surface area contributed by atoms with Gasteiger partial charge in [-0.05, 0) is 41.0 Å². The number of amides is 1. The molecule has 1 saturated heterocycles. The summed E-state index contributed by atoms with van der Waals surface area (Å²) in [6, 6.07) is 24.9.